The summed E-state index contributed by atoms with van der Waals surface area (Å²) in [6.45, 7) is 4.70. The number of nitrogens with one attached hydrogen (secondary N) is 1. The van der Waals surface area contributed by atoms with Gasteiger partial charge in [0.15, 0.2) is 5.13 Å². The van der Waals surface area contributed by atoms with Gasteiger partial charge in [-0.2, -0.15) is 0 Å². The van der Waals surface area contributed by atoms with Crippen LogP contribution in [0.5, 0.6) is 0 Å². The maximum atomic E-state index is 11.2. The standard InChI is InChI=1S/C13H16N4O2S2/c1-8-14-9(7-20-8)5-17-4-3-10-11(6-17)21-12(15-10)16-13(18)19-2/h7H,3-6H2,1-2H3,(H,15,16,18). The molecule has 3 heterocycles. The Kier molecular flexibility index (Phi) is 4.18. The van der Waals surface area contributed by atoms with E-state index in [1.165, 1.54) is 23.3 Å². The first-order valence-electron chi connectivity index (χ1n) is 6.61. The summed E-state index contributed by atoms with van der Waals surface area (Å²) in [7, 11) is 1.35. The molecule has 0 radical (unpaired) electrons. The van der Waals surface area contributed by atoms with Gasteiger partial charge in [0, 0.05) is 36.3 Å². The van der Waals surface area contributed by atoms with Gasteiger partial charge in [-0.05, 0) is 6.92 Å². The van der Waals surface area contributed by atoms with Crippen molar-refractivity contribution in [1.82, 2.24) is 14.9 Å². The highest BCUT2D eigenvalue weighted by molar-refractivity contribution is 7.15. The number of aryl methyl sites for hydroxylation is 1. The molecule has 0 aliphatic carbocycles. The molecule has 112 valence electrons. The summed E-state index contributed by atoms with van der Waals surface area (Å²) >= 11 is 3.20. The van der Waals surface area contributed by atoms with Gasteiger partial charge < -0.3 is 4.74 Å². The van der Waals surface area contributed by atoms with Crippen molar-refractivity contribution in [2.75, 3.05) is 19.0 Å². The number of hydrogen-bond acceptors (Lipinski definition) is 7. The second kappa shape index (κ2) is 6.08. The van der Waals surface area contributed by atoms with E-state index in [4.69, 9.17) is 0 Å². The first-order valence-corrected chi connectivity index (χ1v) is 8.30. The van der Waals surface area contributed by atoms with E-state index in [2.05, 4.69) is 30.3 Å². The number of amides is 1. The molecule has 1 N–H and O–H groups in total. The lowest BCUT2D eigenvalue weighted by molar-refractivity contribution is 0.187. The van der Waals surface area contributed by atoms with E-state index in [9.17, 15) is 4.79 Å². The molecule has 2 aromatic heterocycles. The fraction of sp³-hybridized carbons (Fsp3) is 0.462. The van der Waals surface area contributed by atoms with Crippen molar-refractivity contribution >= 4 is 33.9 Å². The highest BCUT2D eigenvalue weighted by Gasteiger charge is 2.22. The van der Waals surface area contributed by atoms with Gasteiger partial charge in [0.2, 0.25) is 0 Å². The SMILES string of the molecule is COC(=O)Nc1nc2c(s1)CN(Cc1csc(C)n1)CC2. The largest absolute Gasteiger partial charge is 0.453 e. The molecule has 1 aliphatic heterocycles. The molecule has 0 aromatic carbocycles. The Hall–Kier alpha value is -1.51. The number of fused-ring (bicyclic) bond motifs is 1. The van der Waals surface area contributed by atoms with E-state index < -0.39 is 6.09 Å². The molecule has 3 rings (SSSR count). The average molecular weight is 324 g/mol. The second-order valence-electron chi connectivity index (χ2n) is 4.82. The summed E-state index contributed by atoms with van der Waals surface area (Å²) < 4.78 is 4.59. The summed E-state index contributed by atoms with van der Waals surface area (Å²) in [5, 5.41) is 6.46. The van der Waals surface area contributed by atoms with Gasteiger partial charge in [-0.3, -0.25) is 10.2 Å². The molecule has 8 heteroatoms. The van der Waals surface area contributed by atoms with Crippen LogP contribution in [0.25, 0.3) is 0 Å². The average Bonchev–Trinajstić information content (AvgIpc) is 3.04. The lowest BCUT2D eigenvalue weighted by atomic mass is 10.2. The molecule has 0 saturated carbocycles. The molecule has 6 nitrogen and oxygen atoms in total. The number of aromatic nitrogens is 2. The number of thiazole rings is 2. The Balaban J connectivity index is 1.66. The van der Waals surface area contributed by atoms with Gasteiger partial charge in [0.25, 0.3) is 0 Å². The molecule has 21 heavy (non-hydrogen) atoms. The number of hydrogen-bond donors (Lipinski definition) is 1. The third-order valence-electron chi connectivity index (χ3n) is 3.26. The van der Waals surface area contributed by atoms with Gasteiger partial charge in [0.1, 0.15) is 0 Å². The fourth-order valence-electron chi connectivity index (χ4n) is 2.29. The van der Waals surface area contributed by atoms with Gasteiger partial charge in [-0.1, -0.05) is 11.3 Å². The maximum Gasteiger partial charge on any atom is 0.413 e. The zero-order valence-corrected chi connectivity index (χ0v) is 13.5. The van der Waals surface area contributed by atoms with E-state index in [0.29, 0.717) is 5.13 Å². The number of rotatable bonds is 3. The Morgan fingerprint density at radius 3 is 3.10 bits per heavy atom. The number of nitrogens with zero attached hydrogens (tertiary/aromatic N) is 3. The molecule has 2 aromatic rings. The van der Waals surface area contributed by atoms with Crippen molar-refractivity contribution in [3.05, 3.63) is 26.7 Å². The van der Waals surface area contributed by atoms with E-state index in [1.807, 2.05) is 6.92 Å². The van der Waals surface area contributed by atoms with Crippen LogP contribution in [0, 0.1) is 6.92 Å². The van der Waals surface area contributed by atoms with Gasteiger partial charge in [-0.25, -0.2) is 14.8 Å². The number of carbonyl (C=O) groups excluding carboxylic acids is 1. The molecule has 0 unspecified atom stereocenters. The number of anilines is 1. The van der Waals surface area contributed by atoms with Gasteiger partial charge in [0.05, 0.1) is 23.5 Å². The minimum atomic E-state index is -0.476. The Morgan fingerprint density at radius 1 is 1.52 bits per heavy atom. The van der Waals surface area contributed by atoms with Crippen molar-refractivity contribution in [1.29, 1.82) is 0 Å². The first kappa shape index (κ1) is 14.4. The summed E-state index contributed by atoms with van der Waals surface area (Å²) in [4.78, 5) is 23.7. The molecule has 0 bridgehead atoms. The normalized spacial score (nSPS) is 14.8. The fourth-order valence-corrected chi connectivity index (χ4v) is 3.93. The summed E-state index contributed by atoms with van der Waals surface area (Å²) in [5.41, 5.74) is 2.20. The van der Waals surface area contributed by atoms with Crippen LogP contribution in [-0.4, -0.2) is 34.6 Å². The molecule has 0 atom stereocenters. The van der Waals surface area contributed by atoms with Crippen LogP contribution in [0.4, 0.5) is 9.93 Å². The highest BCUT2D eigenvalue weighted by atomic mass is 32.1. The minimum absolute atomic E-state index is 0.476. The van der Waals surface area contributed by atoms with Crippen LogP contribution in [0.15, 0.2) is 5.38 Å². The Morgan fingerprint density at radius 2 is 2.38 bits per heavy atom. The van der Waals surface area contributed by atoms with Crippen LogP contribution < -0.4 is 5.32 Å². The first-order chi connectivity index (χ1) is 10.1. The van der Waals surface area contributed by atoms with Crippen molar-refractivity contribution < 1.29 is 9.53 Å². The van der Waals surface area contributed by atoms with E-state index in [0.717, 1.165) is 42.5 Å². The molecule has 1 aliphatic rings. The smallest absolute Gasteiger partial charge is 0.413 e. The highest BCUT2D eigenvalue weighted by Crippen LogP contribution is 2.29. The Labute approximate surface area is 130 Å². The second-order valence-corrected chi connectivity index (χ2v) is 6.97. The zero-order valence-electron chi connectivity index (χ0n) is 11.9. The molecule has 0 fully saturated rings. The summed E-state index contributed by atoms with van der Waals surface area (Å²) in [6, 6.07) is 0. The Bertz CT molecular complexity index is 652. The van der Waals surface area contributed by atoms with Crippen LogP contribution in [-0.2, 0) is 24.2 Å². The number of methoxy groups -OCH3 is 1. The third-order valence-corrected chi connectivity index (χ3v) is 5.08. The molecule has 0 spiro atoms. The van der Waals surface area contributed by atoms with Crippen LogP contribution in [0.3, 0.4) is 0 Å². The molecular formula is C13H16N4O2S2. The van der Waals surface area contributed by atoms with Crippen molar-refractivity contribution in [2.24, 2.45) is 0 Å². The quantitative estimate of drug-likeness (QED) is 0.940. The maximum absolute atomic E-state index is 11.2. The predicted molar refractivity (Wildman–Crippen MR) is 82.8 cm³/mol. The van der Waals surface area contributed by atoms with Crippen LogP contribution in [0.1, 0.15) is 21.3 Å². The lowest BCUT2D eigenvalue weighted by Crippen LogP contribution is -2.29. The third kappa shape index (κ3) is 3.39. The van der Waals surface area contributed by atoms with Gasteiger partial charge in [-0.15, -0.1) is 11.3 Å². The van der Waals surface area contributed by atoms with Crippen LogP contribution in [0.2, 0.25) is 0 Å². The number of carbonyl (C=O) groups is 1. The van der Waals surface area contributed by atoms with Crippen molar-refractivity contribution in [2.45, 2.75) is 26.4 Å². The van der Waals surface area contributed by atoms with Gasteiger partial charge >= 0.3 is 6.09 Å². The number of ether oxygens (including phenoxy) is 1. The molecular weight excluding hydrogens is 308 g/mol. The summed E-state index contributed by atoms with van der Waals surface area (Å²) in [5.74, 6) is 0. The van der Waals surface area contributed by atoms with E-state index >= 15 is 0 Å². The lowest BCUT2D eigenvalue weighted by Gasteiger charge is -2.24. The monoisotopic (exact) mass is 324 g/mol. The molecule has 1 amide bonds. The minimum Gasteiger partial charge on any atom is -0.453 e. The van der Waals surface area contributed by atoms with Crippen LogP contribution >= 0.6 is 22.7 Å². The zero-order chi connectivity index (χ0) is 14.8. The predicted octanol–water partition coefficient (Wildman–Crippen LogP) is 2.64. The molecule has 0 saturated heterocycles. The topological polar surface area (TPSA) is 67.3 Å². The van der Waals surface area contributed by atoms with E-state index in [-0.39, 0.29) is 0 Å². The van der Waals surface area contributed by atoms with E-state index in [1.54, 1.807) is 11.3 Å². The van der Waals surface area contributed by atoms with Crippen molar-refractivity contribution in [3.63, 3.8) is 0 Å². The summed E-state index contributed by atoms with van der Waals surface area (Å²) in [6.07, 6.45) is 0.425. The van der Waals surface area contributed by atoms with Crippen molar-refractivity contribution in [3.8, 4) is 0 Å².